The number of imidazole rings is 1. The van der Waals surface area contributed by atoms with Gasteiger partial charge < -0.3 is 19.5 Å². The van der Waals surface area contributed by atoms with Gasteiger partial charge in [-0.3, -0.25) is 14.4 Å². The number of nitrogens with zero attached hydrogens (tertiary/aromatic N) is 4. The number of para-hydroxylation sites is 2. The second-order valence-corrected chi connectivity index (χ2v) is 7.18. The standard InChI is InChI=1S/C20H26N4O4/c1-15(25)24(13-20(27)28)16-5-4-10-22(11-8-16)19(26)9-12-23-14-21-17-6-2-3-7-18(17)23/h2-3,6-7,14,16H,4-5,8-13H2,1H3,(H,27,28). The van der Waals surface area contributed by atoms with E-state index in [1.54, 1.807) is 6.33 Å². The van der Waals surface area contributed by atoms with Gasteiger partial charge in [0.2, 0.25) is 11.8 Å². The molecule has 1 saturated heterocycles. The molecule has 0 radical (unpaired) electrons. The van der Waals surface area contributed by atoms with Crippen LogP contribution in [0.4, 0.5) is 0 Å². The van der Waals surface area contributed by atoms with Gasteiger partial charge in [0.25, 0.3) is 0 Å². The molecule has 1 fully saturated rings. The zero-order valence-electron chi connectivity index (χ0n) is 16.1. The number of hydrogen-bond acceptors (Lipinski definition) is 4. The molecule has 1 aliphatic rings. The topological polar surface area (TPSA) is 95.7 Å². The Hall–Kier alpha value is -2.90. The van der Waals surface area contributed by atoms with Crippen molar-refractivity contribution in [1.82, 2.24) is 19.4 Å². The summed E-state index contributed by atoms with van der Waals surface area (Å²) in [4.78, 5) is 43.1. The molecular weight excluding hydrogens is 360 g/mol. The maximum absolute atomic E-state index is 12.7. The van der Waals surface area contributed by atoms with Crippen molar-refractivity contribution in [2.75, 3.05) is 19.6 Å². The molecule has 1 N–H and O–H groups in total. The molecule has 2 heterocycles. The van der Waals surface area contributed by atoms with E-state index in [2.05, 4.69) is 4.98 Å². The summed E-state index contributed by atoms with van der Waals surface area (Å²) < 4.78 is 1.98. The molecule has 1 aromatic heterocycles. The van der Waals surface area contributed by atoms with Crippen molar-refractivity contribution in [1.29, 1.82) is 0 Å². The monoisotopic (exact) mass is 386 g/mol. The number of carboxylic acids is 1. The normalized spacial score (nSPS) is 17.3. The number of aromatic nitrogens is 2. The van der Waals surface area contributed by atoms with Gasteiger partial charge in [-0.05, 0) is 31.4 Å². The first-order valence-electron chi connectivity index (χ1n) is 9.62. The first kappa shape index (κ1) is 19.9. The van der Waals surface area contributed by atoms with Gasteiger partial charge in [0.05, 0.1) is 17.4 Å². The minimum atomic E-state index is -1.01. The first-order valence-corrected chi connectivity index (χ1v) is 9.62. The Balaban J connectivity index is 1.56. The minimum absolute atomic E-state index is 0.0750. The Morgan fingerprint density at radius 1 is 1.21 bits per heavy atom. The molecule has 8 heteroatoms. The molecule has 0 bridgehead atoms. The maximum atomic E-state index is 12.7. The maximum Gasteiger partial charge on any atom is 0.323 e. The highest BCUT2D eigenvalue weighted by molar-refractivity contribution is 5.80. The van der Waals surface area contributed by atoms with E-state index in [9.17, 15) is 14.4 Å². The third kappa shape index (κ3) is 4.68. The van der Waals surface area contributed by atoms with E-state index in [1.807, 2.05) is 33.7 Å². The summed E-state index contributed by atoms with van der Waals surface area (Å²) in [5.41, 5.74) is 1.92. The van der Waals surface area contributed by atoms with Gasteiger partial charge in [-0.15, -0.1) is 0 Å². The summed E-state index contributed by atoms with van der Waals surface area (Å²) in [6, 6.07) is 7.69. The number of benzene rings is 1. The van der Waals surface area contributed by atoms with Crippen LogP contribution in [0.5, 0.6) is 0 Å². The number of likely N-dealkylation sites (tertiary alicyclic amines) is 1. The van der Waals surface area contributed by atoms with Crippen LogP contribution in [0.25, 0.3) is 11.0 Å². The fourth-order valence-electron chi connectivity index (χ4n) is 3.85. The number of aryl methyl sites for hydroxylation is 1. The smallest absolute Gasteiger partial charge is 0.323 e. The van der Waals surface area contributed by atoms with Crippen molar-refractivity contribution in [2.24, 2.45) is 0 Å². The second kappa shape index (κ2) is 8.86. The lowest BCUT2D eigenvalue weighted by atomic mass is 10.1. The van der Waals surface area contributed by atoms with E-state index in [-0.39, 0.29) is 24.4 Å². The van der Waals surface area contributed by atoms with Crippen LogP contribution in [0.15, 0.2) is 30.6 Å². The Labute approximate surface area is 163 Å². The Bertz CT molecular complexity index is 863. The Kier molecular flexibility index (Phi) is 6.28. The molecule has 2 aromatic rings. The van der Waals surface area contributed by atoms with Crippen molar-refractivity contribution in [3.63, 3.8) is 0 Å². The van der Waals surface area contributed by atoms with E-state index in [4.69, 9.17) is 5.11 Å². The number of fused-ring (bicyclic) bond motifs is 1. The average molecular weight is 386 g/mol. The van der Waals surface area contributed by atoms with Crippen LogP contribution in [0.3, 0.4) is 0 Å². The van der Waals surface area contributed by atoms with Crippen molar-refractivity contribution in [2.45, 2.75) is 45.2 Å². The summed E-state index contributed by atoms with van der Waals surface area (Å²) >= 11 is 0. The van der Waals surface area contributed by atoms with E-state index in [1.165, 1.54) is 11.8 Å². The molecule has 1 unspecified atom stereocenters. The summed E-state index contributed by atoms with van der Waals surface area (Å²) in [5.74, 6) is -1.18. The van der Waals surface area contributed by atoms with Gasteiger partial charge in [-0.1, -0.05) is 12.1 Å². The van der Waals surface area contributed by atoms with E-state index in [0.717, 1.165) is 17.5 Å². The van der Waals surface area contributed by atoms with Crippen LogP contribution < -0.4 is 0 Å². The quantitative estimate of drug-likeness (QED) is 0.816. The largest absolute Gasteiger partial charge is 0.480 e. The fourth-order valence-corrected chi connectivity index (χ4v) is 3.85. The molecule has 150 valence electrons. The van der Waals surface area contributed by atoms with Gasteiger partial charge in [0.1, 0.15) is 6.54 Å². The predicted octanol–water partition coefficient (Wildman–Crippen LogP) is 1.74. The summed E-state index contributed by atoms with van der Waals surface area (Å²) in [6.45, 7) is 2.85. The summed E-state index contributed by atoms with van der Waals surface area (Å²) in [6.07, 6.45) is 4.22. The number of hydrogen-bond donors (Lipinski definition) is 1. The highest BCUT2D eigenvalue weighted by Crippen LogP contribution is 2.18. The van der Waals surface area contributed by atoms with E-state index in [0.29, 0.717) is 38.9 Å². The van der Waals surface area contributed by atoms with E-state index >= 15 is 0 Å². The van der Waals surface area contributed by atoms with Crippen LogP contribution in [0.2, 0.25) is 0 Å². The number of aliphatic carboxylic acids is 1. The number of carbonyl (C=O) groups is 3. The lowest BCUT2D eigenvalue weighted by Crippen LogP contribution is -2.43. The number of amides is 2. The molecule has 0 spiro atoms. The average Bonchev–Trinajstić information content (AvgIpc) is 2.91. The van der Waals surface area contributed by atoms with Crippen LogP contribution in [0.1, 0.15) is 32.6 Å². The molecule has 1 aliphatic heterocycles. The molecule has 0 saturated carbocycles. The molecule has 8 nitrogen and oxygen atoms in total. The van der Waals surface area contributed by atoms with Crippen LogP contribution in [0, 0.1) is 0 Å². The molecule has 3 rings (SSSR count). The molecule has 1 atom stereocenters. The number of carboxylic acid groups (broad SMARTS) is 1. The highest BCUT2D eigenvalue weighted by Gasteiger charge is 2.27. The number of carbonyl (C=O) groups excluding carboxylic acids is 2. The Morgan fingerprint density at radius 2 is 2.00 bits per heavy atom. The van der Waals surface area contributed by atoms with Crippen LogP contribution in [-0.4, -0.2) is 67.9 Å². The molecule has 1 aromatic carbocycles. The van der Waals surface area contributed by atoms with E-state index < -0.39 is 5.97 Å². The lowest BCUT2D eigenvalue weighted by Gasteiger charge is -2.28. The predicted molar refractivity (Wildman–Crippen MR) is 104 cm³/mol. The number of rotatable bonds is 6. The molecule has 0 aliphatic carbocycles. The second-order valence-electron chi connectivity index (χ2n) is 7.18. The molecule has 2 amide bonds. The summed E-state index contributed by atoms with van der Waals surface area (Å²) in [7, 11) is 0. The van der Waals surface area contributed by atoms with Gasteiger partial charge in [-0.2, -0.15) is 0 Å². The van der Waals surface area contributed by atoms with Gasteiger partial charge in [0.15, 0.2) is 0 Å². The van der Waals surface area contributed by atoms with Gasteiger partial charge in [0, 0.05) is 39.0 Å². The van der Waals surface area contributed by atoms with Crippen molar-refractivity contribution >= 4 is 28.8 Å². The molecular formula is C20H26N4O4. The van der Waals surface area contributed by atoms with Gasteiger partial charge in [-0.25, -0.2) is 4.98 Å². The first-order chi connectivity index (χ1) is 13.5. The zero-order chi connectivity index (χ0) is 20.1. The van der Waals surface area contributed by atoms with Crippen molar-refractivity contribution in [3.05, 3.63) is 30.6 Å². The minimum Gasteiger partial charge on any atom is -0.480 e. The highest BCUT2D eigenvalue weighted by atomic mass is 16.4. The SMILES string of the molecule is CC(=O)N(CC(=O)O)C1CCCN(C(=O)CCn2cnc3ccccc32)CC1. The zero-order valence-corrected chi connectivity index (χ0v) is 16.1. The summed E-state index contributed by atoms with van der Waals surface area (Å²) in [5, 5.41) is 9.04. The van der Waals surface area contributed by atoms with Crippen molar-refractivity contribution < 1.29 is 19.5 Å². The van der Waals surface area contributed by atoms with Crippen molar-refractivity contribution in [3.8, 4) is 0 Å². The van der Waals surface area contributed by atoms with Crippen LogP contribution >= 0.6 is 0 Å². The lowest BCUT2D eigenvalue weighted by molar-refractivity contribution is -0.145. The third-order valence-electron chi connectivity index (χ3n) is 5.30. The Morgan fingerprint density at radius 3 is 2.75 bits per heavy atom. The third-order valence-corrected chi connectivity index (χ3v) is 5.30. The van der Waals surface area contributed by atoms with Crippen LogP contribution in [-0.2, 0) is 20.9 Å². The van der Waals surface area contributed by atoms with Gasteiger partial charge >= 0.3 is 5.97 Å². The fraction of sp³-hybridized carbons (Fsp3) is 0.500. The molecule has 28 heavy (non-hydrogen) atoms.